The van der Waals surface area contributed by atoms with Crippen LogP contribution in [0.4, 0.5) is 15.8 Å². The van der Waals surface area contributed by atoms with E-state index in [4.69, 9.17) is 5.73 Å². The van der Waals surface area contributed by atoms with Gasteiger partial charge in [-0.1, -0.05) is 0 Å². The molecule has 0 saturated carbocycles. The topological polar surface area (TPSA) is 71.6 Å². The van der Waals surface area contributed by atoms with Gasteiger partial charge in [0.1, 0.15) is 5.82 Å². The van der Waals surface area contributed by atoms with Crippen molar-refractivity contribution in [2.24, 2.45) is 10.7 Å². The highest BCUT2D eigenvalue weighted by atomic mass is 19.1. The van der Waals surface area contributed by atoms with Crippen LogP contribution in [0.15, 0.2) is 47.7 Å². The lowest BCUT2D eigenvalue weighted by molar-refractivity contribution is 0.0993. The zero-order valence-electron chi connectivity index (χ0n) is 12.4. The van der Waals surface area contributed by atoms with Crippen molar-refractivity contribution in [2.45, 2.75) is 13.0 Å². The van der Waals surface area contributed by atoms with Gasteiger partial charge in [0.2, 0.25) is 0 Å². The molecule has 0 bridgehead atoms. The molecule has 6 heteroatoms. The molecule has 114 valence electrons. The number of nitrogens with two attached hydrogens (primary N) is 1. The quantitative estimate of drug-likeness (QED) is 0.882. The second kappa shape index (κ2) is 6.91. The maximum absolute atomic E-state index is 13.5. The first-order chi connectivity index (χ1) is 10.5. The Balaban J connectivity index is 2.38. The molecule has 5 nitrogen and oxygen atoms in total. The average Bonchev–Trinajstić information content (AvgIpc) is 2.53. The molecule has 2 rings (SSSR count). The van der Waals surface area contributed by atoms with Crippen LogP contribution in [0.5, 0.6) is 0 Å². The fourth-order valence-corrected chi connectivity index (χ4v) is 1.84. The summed E-state index contributed by atoms with van der Waals surface area (Å²) in [6.07, 6.45) is 4.68. The van der Waals surface area contributed by atoms with E-state index in [0.717, 1.165) is 0 Å². The van der Waals surface area contributed by atoms with Gasteiger partial charge >= 0.3 is 0 Å². The molecule has 1 aromatic heterocycles. The van der Waals surface area contributed by atoms with Crippen molar-refractivity contribution in [1.29, 1.82) is 0 Å². The van der Waals surface area contributed by atoms with E-state index in [0.29, 0.717) is 11.4 Å². The van der Waals surface area contributed by atoms with Gasteiger partial charge in [-0.25, -0.2) is 4.39 Å². The maximum atomic E-state index is 13.5. The molecule has 0 fully saturated rings. The third-order valence-corrected chi connectivity index (χ3v) is 2.98. The number of aliphatic imine (C=N–C) groups is 1. The minimum absolute atomic E-state index is 0.170. The van der Waals surface area contributed by atoms with Crippen LogP contribution < -0.4 is 10.6 Å². The number of pyridine rings is 1. The number of anilines is 1. The zero-order chi connectivity index (χ0) is 16.1. The van der Waals surface area contributed by atoms with E-state index in [9.17, 15) is 9.18 Å². The van der Waals surface area contributed by atoms with Gasteiger partial charge in [0.15, 0.2) is 0 Å². The third-order valence-electron chi connectivity index (χ3n) is 2.98. The van der Waals surface area contributed by atoms with Crippen molar-refractivity contribution in [3.8, 4) is 0 Å². The Morgan fingerprint density at radius 2 is 2.23 bits per heavy atom. The highest BCUT2D eigenvalue weighted by Crippen LogP contribution is 2.23. The Kier molecular flexibility index (Phi) is 4.95. The molecule has 0 unspecified atom stereocenters. The molecule has 0 aliphatic carbocycles. The fraction of sp³-hybridized carbons (Fsp3) is 0.188. The van der Waals surface area contributed by atoms with Gasteiger partial charge in [-0.15, -0.1) is 0 Å². The Bertz CT molecular complexity index is 686. The predicted molar refractivity (Wildman–Crippen MR) is 85.2 cm³/mol. The van der Waals surface area contributed by atoms with Gasteiger partial charge in [-0.3, -0.25) is 14.8 Å². The standard InChI is InChI=1S/C16H17FN4O/c1-11(18)9-20-15-6-5-12(17)8-14(15)16(22)21(2)13-4-3-7-19-10-13/h3-11H,18H2,1-2H3/b20-9+/t11-/m0/s1. The molecular weight excluding hydrogens is 283 g/mol. The number of halogens is 1. The summed E-state index contributed by atoms with van der Waals surface area (Å²) in [5.41, 5.74) is 6.77. The Labute approximate surface area is 128 Å². The van der Waals surface area contributed by atoms with Crippen LogP contribution in [0, 0.1) is 5.82 Å². The second-order valence-corrected chi connectivity index (χ2v) is 4.87. The Morgan fingerprint density at radius 3 is 2.86 bits per heavy atom. The number of hydrogen-bond acceptors (Lipinski definition) is 4. The van der Waals surface area contributed by atoms with Crippen LogP contribution in [-0.4, -0.2) is 30.2 Å². The SMILES string of the molecule is C[C@H](N)/C=N/c1ccc(F)cc1C(=O)N(C)c1cccnc1. The van der Waals surface area contributed by atoms with Crippen molar-refractivity contribution in [3.63, 3.8) is 0 Å². The fourth-order valence-electron chi connectivity index (χ4n) is 1.84. The summed E-state index contributed by atoms with van der Waals surface area (Å²) in [4.78, 5) is 22.1. The number of nitrogens with zero attached hydrogens (tertiary/aromatic N) is 3. The molecule has 0 aliphatic rings. The van der Waals surface area contributed by atoms with Crippen molar-refractivity contribution in [1.82, 2.24) is 4.98 Å². The summed E-state index contributed by atoms with van der Waals surface area (Å²) in [5, 5.41) is 0. The van der Waals surface area contributed by atoms with E-state index in [1.807, 2.05) is 0 Å². The molecule has 2 aromatic rings. The number of carbonyl (C=O) groups excluding carboxylic acids is 1. The summed E-state index contributed by atoms with van der Waals surface area (Å²) in [7, 11) is 1.60. The van der Waals surface area contributed by atoms with Crippen LogP contribution in [-0.2, 0) is 0 Å². The minimum atomic E-state index is -0.498. The van der Waals surface area contributed by atoms with E-state index in [2.05, 4.69) is 9.98 Å². The normalized spacial score (nSPS) is 12.4. The van der Waals surface area contributed by atoms with Crippen LogP contribution in [0.3, 0.4) is 0 Å². The van der Waals surface area contributed by atoms with Crippen LogP contribution >= 0.6 is 0 Å². The largest absolute Gasteiger partial charge is 0.323 e. The molecule has 22 heavy (non-hydrogen) atoms. The molecule has 0 spiro atoms. The van der Waals surface area contributed by atoms with Gasteiger partial charge < -0.3 is 10.6 Å². The number of rotatable bonds is 4. The predicted octanol–water partition coefficient (Wildman–Crippen LogP) is 2.55. The van der Waals surface area contributed by atoms with Gasteiger partial charge in [0.05, 0.1) is 23.1 Å². The lowest BCUT2D eigenvalue weighted by Gasteiger charge is -2.18. The van der Waals surface area contributed by atoms with E-state index < -0.39 is 5.82 Å². The highest BCUT2D eigenvalue weighted by molar-refractivity contribution is 6.09. The second-order valence-electron chi connectivity index (χ2n) is 4.87. The molecule has 0 radical (unpaired) electrons. The molecule has 1 atom stereocenters. The molecule has 0 saturated heterocycles. The van der Waals surface area contributed by atoms with E-state index in [1.165, 1.54) is 29.3 Å². The van der Waals surface area contributed by atoms with Crippen molar-refractivity contribution < 1.29 is 9.18 Å². The number of hydrogen-bond donors (Lipinski definition) is 1. The summed E-state index contributed by atoms with van der Waals surface area (Å²) >= 11 is 0. The Hall–Kier alpha value is -2.60. The number of benzene rings is 1. The number of amides is 1. The zero-order valence-corrected chi connectivity index (χ0v) is 12.4. The van der Waals surface area contributed by atoms with Crippen LogP contribution in [0.25, 0.3) is 0 Å². The van der Waals surface area contributed by atoms with Crippen molar-refractivity contribution in [3.05, 3.63) is 54.1 Å². The first-order valence-corrected chi connectivity index (χ1v) is 6.76. The molecule has 0 aliphatic heterocycles. The lowest BCUT2D eigenvalue weighted by atomic mass is 10.1. The number of carbonyl (C=O) groups is 1. The van der Waals surface area contributed by atoms with Crippen molar-refractivity contribution >= 4 is 23.5 Å². The van der Waals surface area contributed by atoms with E-state index in [-0.39, 0.29) is 17.5 Å². The monoisotopic (exact) mass is 300 g/mol. The molecule has 1 aromatic carbocycles. The smallest absolute Gasteiger partial charge is 0.260 e. The van der Waals surface area contributed by atoms with E-state index in [1.54, 1.807) is 38.5 Å². The Morgan fingerprint density at radius 1 is 1.45 bits per heavy atom. The van der Waals surface area contributed by atoms with E-state index >= 15 is 0 Å². The maximum Gasteiger partial charge on any atom is 0.260 e. The highest BCUT2D eigenvalue weighted by Gasteiger charge is 2.18. The summed E-state index contributed by atoms with van der Waals surface area (Å²) < 4.78 is 13.5. The summed E-state index contributed by atoms with van der Waals surface area (Å²) in [5.74, 6) is -0.869. The van der Waals surface area contributed by atoms with Gasteiger partial charge in [-0.2, -0.15) is 0 Å². The number of aromatic nitrogens is 1. The van der Waals surface area contributed by atoms with Crippen LogP contribution in [0.2, 0.25) is 0 Å². The summed E-state index contributed by atoms with van der Waals surface area (Å²) in [6.45, 7) is 1.76. The molecule has 1 amide bonds. The lowest BCUT2D eigenvalue weighted by Crippen LogP contribution is -2.26. The average molecular weight is 300 g/mol. The molecule has 2 N–H and O–H groups in total. The van der Waals surface area contributed by atoms with Gasteiger partial charge in [0, 0.05) is 25.5 Å². The first kappa shape index (κ1) is 15.8. The molecular formula is C16H17FN4O. The first-order valence-electron chi connectivity index (χ1n) is 6.76. The summed E-state index contributed by atoms with van der Waals surface area (Å²) in [6, 6.07) is 7.09. The molecule has 1 heterocycles. The van der Waals surface area contributed by atoms with Gasteiger partial charge in [0.25, 0.3) is 5.91 Å². The minimum Gasteiger partial charge on any atom is -0.323 e. The third kappa shape index (κ3) is 3.73. The van der Waals surface area contributed by atoms with Gasteiger partial charge in [-0.05, 0) is 37.3 Å². The van der Waals surface area contributed by atoms with Crippen molar-refractivity contribution in [2.75, 3.05) is 11.9 Å². The van der Waals surface area contributed by atoms with Crippen LogP contribution in [0.1, 0.15) is 17.3 Å².